The SMILES string of the molecule is N#Cc1ccc(-c2ccc(-c3nc(-c4ccccc4)nc(-c4ccc(C56C[C@H]7C[C@@H](C5)C[C@@H](C6)C7)cc4)n3)c(-c3ccc(C45C[C@H]6C[C@@H](C4)C[C@@H](C5)C6)cc3)c2)cc1. The summed E-state index contributed by atoms with van der Waals surface area (Å²) in [7, 11) is 0. The maximum Gasteiger partial charge on any atom is 0.164 e. The summed E-state index contributed by atoms with van der Waals surface area (Å²) in [6, 6.07) is 46.2. The molecule has 8 aliphatic rings. The largest absolute Gasteiger partial charge is 0.208 e. The zero-order valence-corrected chi connectivity index (χ0v) is 33.3. The molecule has 14 rings (SSSR count). The van der Waals surface area contributed by atoms with Crippen molar-refractivity contribution in [1.82, 2.24) is 15.0 Å². The molecule has 0 unspecified atom stereocenters. The van der Waals surface area contributed by atoms with Gasteiger partial charge in [0.05, 0.1) is 11.6 Å². The lowest BCUT2D eigenvalue weighted by atomic mass is 9.48. The third kappa shape index (κ3) is 5.87. The molecule has 8 saturated carbocycles. The van der Waals surface area contributed by atoms with E-state index >= 15 is 0 Å². The minimum atomic E-state index is 0.347. The summed E-state index contributed by atoms with van der Waals surface area (Å²) in [5.41, 5.74) is 11.9. The Labute approximate surface area is 342 Å². The lowest BCUT2D eigenvalue weighted by Crippen LogP contribution is -2.48. The van der Waals surface area contributed by atoms with Crippen LogP contribution in [0, 0.1) is 46.8 Å². The fourth-order valence-electron chi connectivity index (χ4n) is 14.1. The van der Waals surface area contributed by atoms with Gasteiger partial charge >= 0.3 is 0 Å². The van der Waals surface area contributed by atoms with Crippen LogP contribution in [0.3, 0.4) is 0 Å². The van der Waals surface area contributed by atoms with Crippen LogP contribution in [0.1, 0.15) is 93.7 Å². The van der Waals surface area contributed by atoms with E-state index in [1.165, 1.54) is 93.7 Å². The lowest BCUT2D eigenvalue weighted by Gasteiger charge is -2.57. The summed E-state index contributed by atoms with van der Waals surface area (Å²) < 4.78 is 0. The van der Waals surface area contributed by atoms with Crippen molar-refractivity contribution in [2.45, 2.75) is 87.9 Å². The molecule has 5 aromatic carbocycles. The van der Waals surface area contributed by atoms with Gasteiger partial charge in [-0.25, -0.2) is 15.0 Å². The second kappa shape index (κ2) is 13.3. The van der Waals surface area contributed by atoms with Gasteiger partial charge in [0.2, 0.25) is 0 Å². The van der Waals surface area contributed by atoms with Crippen molar-refractivity contribution in [1.29, 1.82) is 5.26 Å². The van der Waals surface area contributed by atoms with E-state index in [2.05, 4.69) is 109 Å². The summed E-state index contributed by atoms with van der Waals surface area (Å²) in [4.78, 5) is 15.7. The second-order valence-electron chi connectivity index (χ2n) is 19.7. The van der Waals surface area contributed by atoms with Gasteiger partial charge in [0, 0.05) is 16.7 Å². The van der Waals surface area contributed by atoms with Crippen LogP contribution < -0.4 is 0 Å². The van der Waals surface area contributed by atoms with Crippen molar-refractivity contribution in [3.8, 4) is 62.5 Å². The molecule has 4 nitrogen and oxygen atoms in total. The summed E-state index contributed by atoms with van der Waals surface area (Å²) >= 11 is 0. The van der Waals surface area contributed by atoms with Crippen molar-refractivity contribution in [3.63, 3.8) is 0 Å². The van der Waals surface area contributed by atoms with E-state index in [0.29, 0.717) is 33.9 Å². The second-order valence-corrected chi connectivity index (χ2v) is 19.7. The van der Waals surface area contributed by atoms with Gasteiger partial charge in [0.25, 0.3) is 0 Å². The van der Waals surface area contributed by atoms with E-state index in [-0.39, 0.29) is 0 Å². The molecule has 6 aromatic rings. The predicted octanol–water partition coefficient (Wildman–Crippen LogP) is 13.0. The molecule has 0 saturated heterocycles. The van der Waals surface area contributed by atoms with E-state index in [4.69, 9.17) is 15.0 Å². The van der Waals surface area contributed by atoms with E-state index < -0.39 is 0 Å². The summed E-state index contributed by atoms with van der Waals surface area (Å²) in [5, 5.41) is 9.50. The Hall–Kier alpha value is -5.40. The highest BCUT2D eigenvalue weighted by Gasteiger charge is 2.52. The van der Waals surface area contributed by atoms with E-state index in [9.17, 15) is 5.26 Å². The number of nitrogens with zero attached hydrogens (tertiary/aromatic N) is 4. The molecule has 8 bridgehead atoms. The third-order valence-electron chi connectivity index (χ3n) is 15.9. The topological polar surface area (TPSA) is 62.5 Å². The Kier molecular flexibility index (Phi) is 7.95. The van der Waals surface area contributed by atoms with Gasteiger partial charge in [-0.3, -0.25) is 0 Å². The summed E-state index contributed by atoms with van der Waals surface area (Å²) in [6.45, 7) is 0. The first-order chi connectivity index (χ1) is 28.5. The first-order valence-electron chi connectivity index (χ1n) is 22.1. The Morgan fingerprint density at radius 2 is 0.810 bits per heavy atom. The van der Waals surface area contributed by atoms with Crippen LogP contribution in [0.5, 0.6) is 0 Å². The molecule has 286 valence electrons. The predicted molar refractivity (Wildman–Crippen MR) is 231 cm³/mol. The third-order valence-corrected chi connectivity index (χ3v) is 15.9. The minimum absolute atomic E-state index is 0.347. The van der Waals surface area contributed by atoms with E-state index in [1.54, 1.807) is 0 Å². The Bertz CT molecular complexity index is 2490. The average molecular weight is 755 g/mol. The highest BCUT2D eigenvalue weighted by atomic mass is 15.0. The highest BCUT2D eigenvalue weighted by Crippen LogP contribution is 2.62. The van der Waals surface area contributed by atoms with Gasteiger partial charge < -0.3 is 0 Å². The van der Waals surface area contributed by atoms with Crippen LogP contribution >= 0.6 is 0 Å². The van der Waals surface area contributed by atoms with Gasteiger partial charge in [-0.15, -0.1) is 0 Å². The number of benzene rings is 5. The molecular formula is C54H50N4. The Morgan fingerprint density at radius 3 is 1.29 bits per heavy atom. The van der Waals surface area contributed by atoms with Gasteiger partial charge in [0.15, 0.2) is 17.5 Å². The fourth-order valence-corrected chi connectivity index (χ4v) is 14.1. The molecule has 0 aliphatic heterocycles. The molecule has 0 N–H and O–H groups in total. The van der Waals surface area contributed by atoms with Crippen LogP contribution in [0.2, 0.25) is 0 Å². The monoisotopic (exact) mass is 754 g/mol. The molecular weight excluding hydrogens is 705 g/mol. The lowest BCUT2D eigenvalue weighted by molar-refractivity contribution is -0.00530. The maximum atomic E-state index is 9.50. The summed E-state index contributed by atoms with van der Waals surface area (Å²) in [5.74, 6) is 7.54. The fraction of sp³-hybridized carbons (Fsp3) is 0.370. The molecule has 0 atom stereocenters. The van der Waals surface area contributed by atoms with Gasteiger partial charge in [-0.1, -0.05) is 97.1 Å². The van der Waals surface area contributed by atoms with Crippen LogP contribution in [-0.2, 0) is 10.8 Å². The first-order valence-corrected chi connectivity index (χ1v) is 22.1. The number of hydrogen-bond donors (Lipinski definition) is 0. The van der Waals surface area contributed by atoms with Crippen LogP contribution in [0.4, 0.5) is 0 Å². The van der Waals surface area contributed by atoms with Crippen LogP contribution in [0.15, 0.2) is 121 Å². The minimum Gasteiger partial charge on any atom is -0.208 e. The molecule has 58 heavy (non-hydrogen) atoms. The summed E-state index contributed by atoms with van der Waals surface area (Å²) in [6.07, 6.45) is 16.9. The van der Waals surface area contributed by atoms with Gasteiger partial charge in [-0.05, 0) is 181 Å². The van der Waals surface area contributed by atoms with Gasteiger partial charge in [-0.2, -0.15) is 5.26 Å². The standard InChI is InChI=1S/C54H50N4/c55-33-34-6-8-41(9-7-34)45-14-19-48(49(26-45)42-10-15-46(16-11-42)53-27-35-20-36(28-53)22-37(21-35)29-53)52-57-50(43-4-2-1-3-5-43)56-51(58-52)44-12-17-47(18-13-44)54-30-38-23-39(31-54)25-40(24-38)32-54/h1-19,26,35-40H,20-25,27-32H2/t35-,36+,37-,38-,39+,40-,53?,54?. The van der Waals surface area contributed by atoms with Crippen molar-refractivity contribution in [2.75, 3.05) is 0 Å². The van der Waals surface area contributed by atoms with Crippen molar-refractivity contribution < 1.29 is 0 Å². The van der Waals surface area contributed by atoms with Crippen molar-refractivity contribution in [2.24, 2.45) is 35.5 Å². The van der Waals surface area contributed by atoms with Crippen LogP contribution in [-0.4, -0.2) is 15.0 Å². The van der Waals surface area contributed by atoms with E-state index in [0.717, 1.165) is 68.9 Å². The number of hydrogen-bond acceptors (Lipinski definition) is 4. The highest BCUT2D eigenvalue weighted by molar-refractivity contribution is 5.86. The first kappa shape index (κ1) is 34.6. The smallest absolute Gasteiger partial charge is 0.164 e. The van der Waals surface area contributed by atoms with Gasteiger partial charge in [0.1, 0.15) is 0 Å². The zero-order chi connectivity index (χ0) is 38.4. The molecule has 4 heteroatoms. The number of aromatic nitrogens is 3. The Morgan fingerprint density at radius 1 is 0.397 bits per heavy atom. The molecule has 8 fully saturated rings. The molecule has 1 heterocycles. The molecule has 1 aromatic heterocycles. The molecule has 0 radical (unpaired) electrons. The zero-order valence-electron chi connectivity index (χ0n) is 33.3. The van der Waals surface area contributed by atoms with Crippen LogP contribution in [0.25, 0.3) is 56.4 Å². The number of rotatable bonds is 7. The Balaban J connectivity index is 0.962. The average Bonchev–Trinajstić information content (AvgIpc) is 3.25. The van der Waals surface area contributed by atoms with Crippen molar-refractivity contribution >= 4 is 0 Å². The van der Waals surface area contributed by atoms with Crippen molar-refractivity contribution in [3.05, 3.63) is 138 Å². The normalized spacial score (nSPS) is 30.1. The quantitative estimate of drug-likeness (QED) is 0.163. The number of nitriles is 1. The molecule has 8 aliphatic carbocycles. The molecule has 0 spiro atoms. The molecule has 0 amide bonds. The van der Waals surface area contributed by atoms with E-state index in [1.807, 2.05) is 18.2 Å². The maximum absolute atomic E-state index is 9.50.